The first-order valence-electron chi connectivity index (χ1n) is 7.73. The first-order chi connectivity index (χ1) is 10.4. The number of nitrogens with one attached hydrogen (secondary N) is 1. The Morgan fingerprint density at radius 1 is 1.32 bits per heavy atom. The van der Waals surface area contributed by atoms with Crippen molar-refractivity contribution >= 4 is 12.0 Å². The molecule has 22 heavy (non-hydrogen) atoms. The first kappa shape index (κ1) is 16.3. The normalized spacial score (nSPS) is 21.6. The molecule has 1 aromatic rings. The fourth-order valence-electron chi connectivity index (χ4n) is 2.99. The van der Waals surface area contributed by atoms with Crippen LogP contribution in [-0.4, -0.2) is 35.6 Å². The van der Waals surface area contributed by atoms with Gasteiger partial charge in [0.15, 0.2) is 0 Å². The summed E-state index contributed by atoms with van der Waals surface area (Å²) in [6.45, 7) is 4.01. The number of hydrogen-bond donors (Lipinski definition) is 2. The van der Waals surface area contributed by atoms with Gasteiger partial charge in [-0.3, -0.25) is 4.79 Å². The summed E-state index contributed by atoms with van der Waals surface area (Å²) in [5, 5.41) is 12.0. The van der Waals surface area contributed by atoms with E-state index in [9.17, 15) is 9.59 Å². The van der Waals surface area contributed by atoms with Crippen LogP contribution in [-0.2, 0) is 4.79 Å². The Morgan fingerprint density at radius 2 is 1.95 bits per heavy atom. The van der Waals surface area contributed by atoms with Crippen LogP contribution in [0.15, 0.2) is 24.3 Å². The number of benzene rings is 1. The van der Waals surface area contributed by atoms with E-state index < -0.39 is 11.9 Å². The lowest BCUT2D eigenvalue weighted by Crippen LogP contribution is -2.43. The lowest BCUT2D eigenvalue weighted by atomic mass is 9.81. The van der Waals surface area contributed by atoms with Crippen LogP contribution in [0, 0.1) is 5.92 Å². The van der Waals surface area contributed by atoms with Crippen LogP contribution < -0.4 is 5.32 Å². The molecule has 120 valence electrons. The molecule has 2 rings (SSSR count). The summed E-state index contributed by atoms with van der Waals surface area (Å²) in [4.78, 5) is 24.6. The van der Waals surface area contributed by atoms with E-state index >= 15 is 0 Å². The lowest BCUT2D eigenvalue weighted by Gasteiger charge is -2.32. The smallest absolute Gasteiger partial charge is 0.317 e. The van der Waals surface area contributed by atoms with E-state index in [1.807, 2.05) is 12.1 Å². The van der Waals surface area contributed by atoms with Gasteiger partial charge in [-0.25, -0.2) is 4.79 Å². The molecular formula is C17H24N2O3. The zero-order chi connectivity index (χ0) is 16.3. The summed E-state index contributed by atoms with van der Waals surface area (Å²) in [6, 6.07) is 7.99. The number of carbonyl (C=O) groups excluding carboxylic acids is 1. The molecule has 0 fully saturated rings. The maximum Gasteiger partial charge on any atom is 0.317 e. The van der Waals surface area contributed by atoms with Gasteiger partial charge in [-0.2, -0.15) is 0 Å². The molecule has 0 saturated heterocycles. The van der Waals surface area contributed by atoms with Gasteiger partial charge in [-0.15, -0.1) is 0 Å². The number of hydrogen-bond acceptors (Lipinski definition) is 2. The number of carbonyl (C=O) groups is 2. The molecular weight excluding hydrogens is 280 g/mol. The predicted molar refractivity (Wildman–Crippen MR) is 84.8 cm³/mol. The molecule has 1 aliphatic rings. The Balaban J connectivity index is 2.03. The minimum atomic E-state index is -0.892. The molecule has 2 amide bonds. The number of fused-ring (bicyclic) bond motifs is 1. The van der Waals surface area contributed by atoms with Crippen LogP contribution in [0.3, 0.4) is 0 Å². The van der Waals surface area contributed by atoms with Gasteiger partial charge in [-0.1, -0.05) is 38.1 Å². The van der Waals surface area contributed by atoms with Gasteiger partial charge in [0.05, 0.1) is 12.0 Å². The van der Waals surface area contributed by atoms with Crippen LogP contribution in [0.5, 0.6) is 0 Å². The van der Waals surface area contributed by atoms with E-state index in [2.05, 4.69) is 24.4 Å². The summed E-state index contributed by atoms with van der Waals surface area (Å²) in [5.74, 6) is -0.958. The SMILES string of the molecule is CC(CN(C)C(=O)NC1CCC(C)c2ccccc21)C(=O)O. The van der Waals surface area contributed by atoms with E-state index in [1.165, 1.54) is 16.0 Å². The Bertz CT molecular complexity index is 559. The second-order valence-corrected chi connectivity index (χ2v) is 6.23. The summed E-state index contributed by atoms with van der Waals surface area (Å²) >= 11 is 0. The third kappa shape index (κ3) is 3.59. The number of carboxylic acid groups (broad SMARTS) is 1. The first-order valence-corrected chi connectivity index (χ1v) is 7.73. The Morgan fingerprint density at radius 3 is 2.59 bits per heavy atom. The molecule has 0 saturated carbocycles. The second-order valence-electron chi connectivity index (χ2n) is 6.23. The number of rotatable bonds is 4. The molecule has 0 spiro atoms. The highest BCUT2D eigenvalue weighted by Gasteiger charge is 2.27. The van der Waals surface area contributed by atoms with Crippen molar-refractivity contribution < 1.29 is 14.7 Å². The maximum atomic E-state index is 12.3. The monoisotopic (exact) mass is 304 g/mol. The van der Waals surface area contributed by atoms with Gasteiger partial charge in [0, 0.05) is 13.6 Å². The van der Waals surface area contributed by atoms with Crippen LogP contribution in [0.4, 0.5) is 4.79 Å². The maximum absolute atomic E-state index is 12.3. The Kier molecular flexibility index (Phi) is 5.06. The van der Waals surface area contributed by atoms with Crippen LogP contribution in [0.2, 0.25) is 0 Å². The van der Waals surface area contributed by atoms with E-state index in [0.717, 1.165) is 12.8 Å². The third-order valence-electron chi connectivity index (χ3n) is 4.40. The lowest BCUT2D eigenvalue weighted by molar-refractivity contribution is -0.141. The molecule has 2 N–H and O–H groups in total. The molecule has 5 heteroatoms. The fraction of sp³-hybridized carbons (Fsp3) is 0.529. The van der Waals surface area contributed by atoms with Crippen molar-refractivity contribution in [2.24, 2.45) is 5.92 Å². The number of carboxylic acids is 1. The average molecular weight is 304 g/mol. The number of amides is 2. The quantitative estimate of drug-likeness (QED) is 0.898. The fourth-order valence-corrected chi connectivity index (χ4v) is 2.99. The topological polar surface area (TPSA) is 69.6 Å². The van der Waals surface area contributed by atoms with Gasteiger partial charge in [0.2, 0.25) is 0 Å². The molecule has 0 aliphatic heterocycles. The van der Waals surface area contributed by atoms with Gasteiger partial charge in [0.1, 0.15) is 0 Å². The number of aliphatic carboxylic acids is 1. The third-order valence-corrected chi connectivity index (χ3v) is 4.40. The van der Waals surface area contributed by atoms with E-state index in [0.29, 0.717) is 5.92 Å². The molecule has 0 bridgehead atoms. The van der Waals surface area contributed by atoms with E-state index in [4.69, 9.17) is 5.11 Å². The Labute approximate surface area is 131 Å². The summed E-state index contributed by atoms with van der Waals surface area (Å²) in [6.07, 6.45) is 1.95. The van der Waals surface area contributed by atoms with Gasteiger partial charge in [-0.05, 0) is 29.9 Å². The molecule has 1 aromatic carbocycles. The summed E-state index contributed by atoms with van der Waals surface area (Å²) < 4.78 is 0. The van der Waals surface area contributed by atoms with E-state index in [1.54, 1.807) is 14.0 Å². The van der Waals surface area contributed by atoms with Crippen molar-refractivity contribution in [3.05, 3.63) is 35.4 Å². The molecule has 0 radical (unpaired) electrons. The zero-order valence-electron chi connectivity index (χ0n) is 13.4. The summed E-state index contributed by atoms with van der Waals surface area (Å²) in [7, 11) is 1.63. The van der Waals surface area contributed by atoms with Crippen molar-refractivity contribution in [2.75, 3.05) is 13.6 Å². The molecule has 5 nitrogen and oxygen atoms in total. The molecule has 3 atom stereocenters. The van der Waals surface area contributed by atoms with Gasteiger partial charge >= 0.3 is 12.0 Å². The predicted octanol–water partition coefficient (Wildman–Crippen LogP) is 2.99. The number of urea groups is 1. The van der Waals surface area contributed by atoms with E-state index in [-0.39, 0.29) is 18.6 Å². The van der Waals surface area contributed by atoms with Gasteiger partial charge < -0.3 is 15.3 Å². The molecule has 3 unspecified atom stereocenters. The van der Waals surface area contributed by atoms with Crippen LogP contribution >= 0.6 is 0 Å². The highest BCUT2D eigenvalue weighted by molar-refractivity contribution is 5.76. The minimum Gasteiger partial charge on any atom is -0.481 e. The van der Waals surface area contributed by atoms with Crippen molar-refractivity contribution in [2.45, 2.75) is 38.6 Å². The number of nitrogens with zero attached hydrogens (tertiary/aromatic N) is 1. The standard InChI is InChI=1S/C17H24N2O3/c1-11-8-9-15(14-7-5-4-6-13(11)14)18-17(22)19(3)10-12(2)16(20)21/h4-7,11-12,15H,8-10H2,1-3H3,(H,18,22)(H,20,21). The van der Waals surface area contributed by atoms with Crippen LogP contribution in [0.1, 0.15) is 49.8 Å². The van der Waals surface area contributed by atoms with Crippen molar-refractivity contribution in [1.82, 2.24) is 10.2 Å². The molecule has 0 heterocycles. The van der Waals surface area contributed by atoms with Gasteiger partial charge in [0.25, 0.3) is 0 Å². The van der Waals surface area contributed by atoms with Crippen molar-refractivity contribution in [3.8, 4) is 0 Å². The largest absolute Gasteiger partial charge is 0.481 e. The zero-order valence-corrected chi connectivity index (χ0v) is 13.4. The van der Waals surface area contributed by atoms with Crippen molar-refractivity contribution in [1.29, 1.82) is 0 Å². The van der Waals surface area contributed by atoms with Crippen LogP contribution in [0.25, 0.3) is 0 Å². The molecule has 1 aliphatic carbocycles. The minimum absolute atomic E-state index is 0.00230. The highest BCUT2D eigenvalue weighted by Crippen LogP contribution is 2.36. The highest BCUT2D eigenvalue weighted by atomic mass is 16.4. The Hall–Kier alpha value is -2.04. The second kappa shape index (κ2) is 6.81. The summed E-state index contributed by atoms with van der Waals surface area (Å²) in [5.41, 5.74) is 2.47. The van der Waals surface area contributed by atoms with Crippen molar-refractivity contribution in [3.63, 3.8) is 0 Å². The molecule has 0 aromatic heterocycles. The average Bonchev–Trinajstić information content (AvgIpc) is 2.50.